The molecule has 3 heterocycles. The van der Waals surface area contributed by atoms with Crippen LogP contribution in [-0.2, 0) is 6.54 Å². The van der Waals surface area contributed by atoms with Gasteiger partial charge in [-0.05, 0) is 23.8 Å². The van der Waals surface area contributed by atoms with E-state index in [0.717, 1.165) is 6.54 Å². The molecule has 0 saturated heterocycles. The van der Waals surface area contributed by atoms with Crippen molar-refractivity contribution in [1.82, 2.24) is 4.57 Å². The van der Waals surface area contributed by atoms with E-state index in [1.54, 1.807) is 5.57 Å². The maximum atomic E-state index is 2.48. The van der Waals surface area contributed by atoms with Crippen LogP contribution in [0.4, 0.5) is 0 Å². The van der Waals surface area contributed by atoms with Gasteiger partial charge in [0.15, 0.2) is 11.0 Å². The monoisotopic (exact) mass is 233 g/mol. The number of imidazole rings is 1. The average molecular weight is 233 g/mol. The molecule has 0 N–H and O–H groups in total. The van der Waals surface area contributed by atoms with Crippen LogP contribution in [0.2, 0.25) is 0 Å². The highest BCUT2D eigenvalue weighted by atomic mass is 15.2. The molecule has 86 valence electrons. The quantitative estimate of drug-likeness (QED) is 0.618. The zero-order valence-electron chi connectivity index (χ0n) is 9.95. The summed E-state index contributed by atoms with van der Waals surface area (Å²) in [5.74, 6) is 2.57. The maximum Gasteiger partial charge on any atom is 0.270 e. The Labute approximate surface area is 105 Å². The van der Waals surface area contributed by atoms with Gasteiger partial charge in [0.1, 0.15) is 6.54 Å². The number of para-hydroxylation sites is 2. The second-order valence-corrected chi connectivity index (χ2v) is 5.33. The molecule has 5 rings (SSSR count). The number of nitrogens with zero attached hydrogens (tertiary/aromatic N) is 2. The molecular formula is C16H13N2+. The van der Waals surface area contributed by atoms with Crippen LogP contribution in [-0.4, -0.2) is 4.57 Å². The third-order valence-electron chi connectivity index (χ3n) is 4.46. The van der Waals surface area contributed by atoms with Crippen molar-refractivity contribution in [1.29, 1.82) is 0 Å². The molecule has 2 nitrogen and oxygen atoms in total. The van der Waals surface area contributed by atoms with Crippen LogP contribution in [0.1, 0.15) is 11.7 Å². The Bertz CT molecular complexity index is 774. The van der Waals surface area contributed by atoms with Gasteiger partial charge in [-0.15, -0.1) is 0 Å². The van der Waals surface area contributed by atoms with Crippen molar-refractivity contribution in [3.8, 4) is 0 Å². The molecule has 1 aromatic carbocycles. The van der Waals surface area contributed by atoms with Crippen LogP contribution in [0, 0.1) is 5.92 Å². The van der Waals surface area contributed by atoms with Gasteiger partial charge < -0.3 is 0 Å². The zero-order chi connectivity index (χ0) is 11.7. The Balaban J connectivity index is 1.96. The Morgan fingerprint density at radius 3 is 3.11 bits per heavy atom. The summed E-state index contributed by atoms with van der Waals surface area (Å²) >= 11 is 0. The smallest absolute Gasteiger partial charge is 0.222 e. The van der Waals surface area contributed by atoms with Crippen LogP contribution in [0.3, 0.4) is 0 Å². The fourth-order valence-electron chi connectivity index (χ4n) is 3.72. The molecular weight excluding hydrogens is 220 g/mol. The van der Waals surface area contributed by atoms with Gasteiger partial charge in [0.05, 0.1) is 12.1 Å². The van der Waals surface area contributed by atoms with Gasteiger partial charge in [0.2, 0.25) is 0 Å². The summed E-state index contributed by atoms with van der Waals surface area (Å²) in [6, 6.07) is 8.70. The molecule has 0 fully saturated rings. The van der Waals surface area contributed by atoms with Gasteiger partial charge in [-0.25, -0.2) is 4.57 Å². The number of allylic oxidation sites excluding steroid dienone is 5. The number of fused-ring (bicyclic) bond motifs is 3. The minimum atomic E-state index is 0.551. The third-order valence-corrected chi connectivity index (χ3v) is 4.46. The Hall–Kier alpha value is -2.09. The molecule has 2 unspecified atom stereocenters. The summed E-state index contributed by atoms with van der Waals surface area (Å²) in [6.45, 7) is 1.05. The fourth-order valence-corrected chi connectivity index (χ4v) is 3.72. The fraction of sp³-hybridized carbons (Fsp3) is 0.188. The lowest BCUT2D eigenvalue weighted by Crippen LogP contribution is -2.33. The van der Waals surface area contributed by atoms with Crippen LogP contribution in [0.25, 0.3) is 17.2 Å². The van der Waals surface area contributed by atoms with Crippen molar-refractivity contribution in [2.45, 2.75) is 12.5 Å². The first-order valence-corrected chi connectivity index (χ1v) is 6.52. The van der Waals surface area contributed by atoms with Crippen molar-refractivity contribution in [2.75, 3.05) is 0 Å². The molecule has 2 atom stereocenters. The Morgan fingerprint density at radius 1 is 1.17 bits per heavy atom. The first-order chi connectivity index (χ1) is 8.93. The molecule has 2 heteroatoms. The van der Waals surface area contributed by atoms with Gasteiger partial charge >= 0.3 is 0 Å². The lowest BCUT2D eigenvalue weighted by Gasteiger charge is -2.21. The molecule has 2 aromatic rings. The van der Waals surface area contributed by atoms with Gasteiger partial charge in [-0.3, -0.25) is 0 Å². The molecule has 3 aliphatic rings. The van der Waals surface area contributed by atoms with Gasteiger partial charge in [0, 0.05) is 5.92 Å². The third kappa shape index (κ3) is 0.860. The number of benzene rings is 1. The van der Waals surface area contributed by atoms with Crippen molar-refractivity contribution >= 4 is 17.2 Å². The van der Waals surface area contributed by atoms with Crippen molar-refractivity contribution in [2.24, 2.45) is 5.92 Å². The molecule has 0 amide bonds. The van der Waals surface area contributed by atoms with E-state index in [2.05, 4.69) is 63.9 Å². The van der Waals surface area contributed by atoms with Crippen LogP contribution in [0.15, 0.2) is 54.1 Å². The van der Waals surface area contributed by atoms with Crippen LogP contribution < -0.4 is 4.57 Å². The lowest BCUT2D eigenvalue weighted by atomic mass is 9.82. The van der Waals surface area contributed by atoms with E-state index in [4.69, 9.17) is 0 Å². The Kier molecular flexibility index (Phi) is 1.40. The molecule has 2 aliphatic heterocycles. The highest BCUT2D eigenvalue weighted by Crippen LogP contribution is 2.43. The van der Waals surface area contributed by atoms with Crippen LogP contribution in [0.5, 0.6) is 0 Å². The number of aromatic nitrogens is 2. The molecule has 0 spiro atoms. The molecule has 0 bridgehead atoms. The molecule has 1 aromatic heterocycles. The predicted molar refractivity (Wildman–Crippen MR) is 70.9 cm³/mol. The molecule has 0 saturated carbocycles. The van der Waals surface area contributed by atoms with E-state index in [0.29, 0.717) is 11.8 Å². The van der Waals surface area contributed by atoms with Crippen molar-refractivity contribution < 1.29 is 4.57 Å². The second-order valence-electron chi connectivity index (χ2n) is 5.33. The predicted octanol–water partition coefficient (Wildman–Crippen LogP) is 2.62. The van der Waals surface area contributed by atoms with E-state index in [9.17, 15) is 0 Å². The maximum absolute atomic E-state index is 2.48. The molecule has 18 heavy (non-hydrogen) atoms. The number of rotatable bonds is 0. The Morgan fingerprint density at radius 2 is 2.11 bits per heavy atom. The van der Waals surface area contributed by atoms with Crippen LogP contribution >= 0.6 is 0 Å². The minimum Gasteiger partial charge on any atom is -0.222 e. The summed E-state index contributed by atoms with van der Waals surface area (Å²) in [6.07, 6.45) is 11.4. The first-order valence-electron chi connectivity index (χ1n) is 6.52. The highest BCUT2D eigenvalue weighted by Gasteiger charge is 2.45. The summed E-state index contributed by atoms with van der Waals surface area (Å²) in [4.78, 5) is 0. The standard InChI is InChI=1S/C16H13N2/c1-2-7-14-13(6-1)17-9-8-11-4-3-5-12-10-18(14)16(17)15(11)12/h1-9,11,15H,10H2/q+1. The first kappa shape index (κ1) is 8.92. The minimum absolute atomic E-state index is 0.551. The second kappa shape index (κ2) is 2.83. The van der Waals surface area contributed by atoms with E-state index in [1.807, 2.05) is 0 Å². The van der Waals surface area contributed by atoms with Crippen molar-refractivity contribution in [3.05, 3.63) is 60.0 Å². The topological polar surface area (TPSA) is 8.81 Å². The van der Waals surface area contributed by atoms with Gasteiger partial charge in [-0.2, -0.15) is 4.57 Å². The highest BCUT2D eigenvalue weighted by molar-refractivity contribution is 5.76. The molecule has 1 aliphatic carbocycles. The average Bonchev–Trinajstić information content (AvgIpc) is 2.94. The van der Waals surface area contributed by atoms with Crippen molar-refractivity contribution in [3.63, 3.8) is 0 Å². The van der Waals surface area contributed by atoms with E-state index >= 15 is 0 Å². The summed E-state index contributed by atoms with van der Waals surface area (Å²) in [5.41, 5.74) is 4.24. The van der Waals surface area contributed by atoms with E-state index < -0.39 is 0 Å². The molecule has 0 radical (unpaired) electrons. The zero-order valence-corrected chi connectivity index (χ0v) is 9.95. The van der Waals surface area contributed by atoms with E-state index in [-0.39, 0.29) is 0 Å². The SMILES string of the molecule is C1=CC2C=Cn3c4[n+](c5ccccc53)CC(=C1)C42. The largest absolute Gasteiger partial charge is 0.270 e. The number of hydrogen-bond acceptors (Lipinski definition) is 0. The van der Waals surface area contributed by atoms with E-state index in [1.165, 1.54) is 16.9 Å². The summed E-state index contributed by atoms with van der Waals surface area (Å²) in [7, 11) is 0. The summed E-state index contributed by atoms with van der Waals surface area (Å²) < 4.78 is 4.85. The summed E-state index contributed by atoms with van der Waals surface area (Å²) in [5, 5.41) is 0. The number of hydrogen-bond donors (Lipinski definition) is 0. The lowest BCUT2D eigenvalue weighted by molar-refractivity contribution is -0.660. The van der Waals surface area contributed by atoms with Gasteiger partial charge in [-0.1, -0.05) is 30.4 Å². The normalized spacial score (nSPS) is 26.6. The van der Waals surface area contributed by atoms with Gasteiger partial charge in [0.25, 0.3) is 5.82 Å².